The lowest BCUT2D eigenvalue weighted by Crippen LogP contribution is -2.22. The Kier molecular flexibility index (Phi) is 10.9. The summed E-state index contributed by atoms with van der Waals surface area (Å²) in [6, 6.07) is 0. The quantitative estimate of drug-likeness (QED) is 0.406. The third-order valence-corrected chi connectivity index (χ3v) is 6.74. The number of aliphatic hydroxyl groups excluding tert-OH is 1. The lowest BCUT2D eigenvalue weighted by Gasteiger charge is -2.27. The second-order valence-electron chi connectivity index (χ2n) is 8.94. The van der Waals surface area contributed by atoms with Gasteiger partial charge in [0.05, 0.1) is 13.2 Å². The minimum Gasteiger partial charge on any atom is -0.465 e. The monoisotopic (exact) mass is 396 g/mol. The number of carbonyl (C=O) groups excluding carboxylic acids is 2. The highest BCUT2D eigenvalue weighted by molar-refractivity contribution is 5.70. The van der Waals surface area contributed by atoms with E-state index in [-0.39, 0.29) is 18.5 Å². The van der Waals surface area contributed by atoms with Gasteiger partial charge in [-0.25, -0.2) is 0 Å². The molecule has 2 saturated carbocycles. The number of carbonyl (C=O) groups is 2. The van der Waals surface area contributed by atoms with Gasteiger partial charge in [0.2, 0.25) is 0 Å². The Morgan fingerprint density at radius 2 is 1.11 bits per heavy atom. The molecule has 0 spiro atoms. The molecule has 0 aromatic carbocycles. The van der Waals surface area contributed by atoms with Gasteiger partial charge in [-0.05, 0) is 75.0 Å². The van der Waals surface area contributed by atoms with E-state index >= 15 is 0 Å². The van der Waals surface area contributed by atoms with Crippen molar-refractivity contribution in [1.29, 1.82) is 0 Å². The minimum absolute atomic E-state index is 0.133. The third-order valence-electron chi connectivity index (χ3n) is 6.74. The zero-order chi connectivity index (χ0) is 20.2. The van der Waals surface area contributed by atoms with Gasteiger partial charge in [-0.2, -0.15) is 0 Å². The molecule has 0 saturated heterocycles. The Bertz CT molecular complexity index is 406. The van der Waals surface area contributed by atoms with Crippen molar-refractivity contribution in [2.75, 3.05) is 19.8 Å². The van der Waals surface area contributed by atoms with Crippen molar-refractivity contribution in [3.05, 3.63) is 0 Å². The maximum atomic E-state index is 11.9. The summed E-state index contributed by atoms with van der Waals surface area (Å²) in [4.78, 5) is 23.7. The molecule has 2 rings (SSSR count). The van der Waals surface area contributed by atoms with Crippen LogP contribution < -0.4 is 0 Å². The summed E-state index contributed by atoms with van der Waals surface area (Å²) < 4.78 is 10.8. The molecule has 162 valence electrons. The predicted octanol–water partition coefficient (Wildman–Crippen LogP) is 4.65. The van der Waals surface area contributed by atoms with E-state index in [2.05, 4.69) is 6.92 Å². The van der Waals surface area contributed by atoms with Gasteiger partial charge in [-0.15, -0.1) is 0 Å². The number of ether oxygens (including phenoxy) is 2. The van der Waals surface area contributed by atoms with Gasteiger partial charge in [-0.3, -0.25) is 9.59 Å². The smallest absolute Gasteiger partial charge is 0.305 e. The van der Waals surface area contributed by atoms with Gasteiger partial charge in [0, 0.05) is 19.4 Å². The van der Waals surface area contributed by atoms with Crippen LogP contribution in [0.15, 0.2) is 0 Å². The molecule has 0 radical (unpaired) electrons. The fraction of sp³-hybridized carbons (Fsp3) is 0.913. The normalized spacial score (nSPS) is 27.9. The number of hydrogen-bond acceptors (Lipinski definition) is 5. The Labute approximate surface area is 170 Å². The Balaban J connectivity index is 1.44. The average molecular weight is 397 g/mol. The standard InChI is InChI=1S/C23H40O5/c1-2-18-7-11-20(12-8-18)16-27-22(25)5-3-4-6-23(26)28-17-21-13-9-19(15-24)10-14-21/h18-21,24H,2-17H2,1H3. The molecule has 0 atom stereocenters. The van der Waals surface area contributed by atoms with E-state index < -0.39 is 0 Å². The predicted molar refractivity (Wildman–Crippen MR) is 109 cm³/mol. The highest BCUT2D eigenvalue weighted by atomic mass is 16.5. The number of aliphatic hydroxyl groups is 1. The fourth-order valence-corrected chi connectivity index (χ4v) is 4.49. The highest BCUT2D eigenvalue weighted by Gasteiger charge is 2.22. The molecule has 1 N–H and O–H groups in total. The van der Waals surface area contributed by atoms with Crippen LogP contribution in [-0.2, 0) is 19.1 Å². The summed E-state index contributed by atoms with van der Waals surface area (Å²) in [5.41, 5.74) is 0. The molecule has 0 heterocycles. The summed E-state index contributed by atoms with van der Waals surface area (Å²) in [5, 5.41) is 9.16. The first-order chi connectivity index (χ1) is 13.6. The van der Waals surface area contributed by atoms with Crippen LogP contribution in [0.5, 0.6) is 0 Å². The molecule has 2 fully saturated rings. The first-order valence-electron chi connectivity index (χ1n) is 11.5. The van der Waals surface area contributed by atoms with Crippen molar-refractivity contribution in [3.8, 4) is 0 Å². The minimum atomic E-state index is -0.162. The van der Waals surface area contributed by atoms with Crippen molar-refractivity contribution < 1.29 is 24.2 Å². The van der Waals surface area contributed by atoms with Crippen LogP contribution in [0.25, 0.3) is 0 Å². The molecule has 5 nitrogen and oxygen atoms in total. The zero-order valence-corrected chi connectivity index (χ0v) is 17.7. The second-order valence-corrected chi connectivity index (χ2v) is 8.94. The molecule has 0 aromatic rings. The maximum absolute atomic E-state index is 11.9. The fourth-order valence-electron chi connectivity index (χ4n) is 4.49. The van der Waals surface area contributed by atoms with Crippen LogP contribution in [0.4, 0.5) is 0 Å². The molecule has 28 heavy (non-hydrogen) atoms. The summed E-state index contributed by atoms with van der Waals surface area (Å²) in [5.74, 6) is 1.97. The number of unbranched alkanes of at least 4 members (excludes halogenated alkanes) is 1. The van der Waals surface area contributed by atoms with E-state index in [9.17, 15) is 9.59 Å². The van der Waals surface area contributed by atoms with Crippen LogP contribution in [-0.4, -0.2) is 36.9 Å². The van der Waals surface area contributed by atoms with Gasteiger partial charge >= 0.3 is 11.9 Å². The average Bonchev–Trinajstić information content (AvgIpc) is 2.74. The van der Waals surface area contributed by atoms with Crippen molar-refractivity contribution in [3.63, 3.8) is 0 Å². The number of hydrogen-bond donors (Lipinski definition) is 1. The first kappa shape index (κ1) is 23.2. The van der Waals surface area contributed by atoms with E-state index in [1.807, 2.05) is 0 Å². The van der Waals surface area contributed by atoms with Crippen molar-refractivity contribution in [2.24, 2.45) is 23.7 Å². The van der Waals surface area contributed by atoms with Gasteiger partial charge in [0.25, 0.3) is 0 Å². The van der Waals surface area contributed by atoms with Crippen LogP contribution in [0.3, 0.4) is 0 Å². The van der Waals surface area contributed by atoms with Crippen molar-refractivity contribution in [2.45, 2.75) is 90.4 Å². The molecule has 0 aliphatic heterocycles. The van der Waals surface area contributed by atoms with E-state index in [1.54, 1.807) is 0 Å². The van der Waals surface area contributed by atoms with Crippen LogP contribution in [0.1, 0.15) is 90.4 Å². The van der Waals surface area contributed by atoms with E-state index in [1.165, 1.54) is 32.1 Å². The summed E-state index contributed by atoms with van der Waals surface area (Å²) in [7, 11) is 0. The SMILES string of the molecule is CCC1CCC(COC(=O)CCCCC(=O)OCC2CCC(CO)CC2)CC1. The van der Waals surface area contributed by atoms with Gasteiger partial charge in [-0.1, -0.05) is 26.2 Å². The molecule has 0 amide bonds. The zero-order valence-electron chi connectivity index (χ0n) is 17.7. The Hall–Kier alpha value is -1.10. The lowest BCUT2D eigenvalue weighted by molar-refractivity contribution is -0.147. The molecule has 0 unspecified atom stereocenters. The third kappa shape index (κ3) is 8.93. The second kappa shape index (κ2) is 13.2. The lowest BCUT2D eigenvalue weighted by atomic mass is 9.81. The topological polar surface area (TPSA) is 72.8 Å². The van der Waals surface area contributed by atoms with Crippen LogP contribution in [0, 0.1) is 23.7 Å². The summed E-state index contributed by atoms with van der Waals surface area (Å²) in [6.07, 6.45) is 12.4. The first-order valence-corrected chi connectivity index (χ1v) is 11.5. The number of rotatable bonds is 11. The molecular formula is C23H40O5. The number of esters is 2. The van der Waals surface area contributed by atoms with Gasteiger partial charge < -0.3 is 14.6 Å². The summed E-state index contributed by atoms with van der Waals surface area (Å²) >= 11 is 0. The highest BCUT2D eigenvalue weighted by Crippen LogP contribution is 2.31. The van der Waals surface area contributed by atoms with E-state index in [0.29, 0.717) is 56.7 Å². The maximum Gasteiger partial charge on any atom is 0.305 e. The molecule has 2 aliphatic carbocycles. The molecule has 5 heteroatoms. The molecule has 0 aromatic heterocycles. The van der Waals surface area contributed by atoms with E-state index in [0.717, 1.165) is 31.6 Å². The molecular weight excluding hydrogens is 356 g/mol. The van der Waals surface area contributed by atoms with Gasteiger partial charge in [0.15, 0.2) is 0 Å². The largest absolute Gasteiger partial charge is 0.465 e. The van der Waals surface area contributed by atoms with E-state index in [4.69, 9.17) is 14.6 Å². The van der Waals surface area contributed by atoms with Crippen molar-refractivity contribution >= 4 is 11.9 Å². The van der Waals surface area contributed by atoms with Crippen LogP contribution >= 0.6 is 0 Å². The molecule has 0 bridgehead atoms. The molecule has 2 aliphatic rings. The van der Waals surface area contributed by atoms with Gasteiger partial charge in [0.1, 0.15) is 0 Å². The van der Waals surface area contributed by atoms with Crippen molar-refractivity contribution in [1.82, 2.24) is 0 Å². The Morgan fingerprint density at radius 3 is 1.50 bits per heavy atom. The summed E-state index contributed by atoms with van der Waals surface area (Å²) in [6.45, 7) is 3.59. The Morgan fingerprint density at radius 1 is 0.714 bits per heavy atom. The van der Waals surface area contributed by atoms with Crippen LogP contribution in [0.2, 0.25) is 0 Å².